The van der Waals surface area contributed by atoms with Gasteiger partial charge in [0, 0.05) is 37.7 Å². The van der Waals surface area contributed by atoms with Gasteiger partial charge in [0.15, 0.2) is 5.69 Å². The summed E-state index contributed by atoms with van der Waals surface area (Å²) in [6.45, 7) is 1.52. The van der Waals surface area contributed by atoms with Crippen LogP contribution in [0.15, 0.2) is 6.20 Å². The predicted octanol–water partition coefficient (Wildman–Crippen LogP) is 1.61. The summed E-state index contributed by atoms with van der Waals surface area (Å²) in [7, 11) is 0. The Morgan fingerprint density at radius 2 is 2.20 bits per heavy atom. The third-order valence-corrected chi connectivity index (χ3v) is 1.42. The van der Waals surface area contributed by atoms with Crippen molar-refractivity contribution in [1.82, 2.24) is 10.2 Å². The van der Waals surface area contributed by atoms with E-state index in [0.717, 1.165) is 6.20 Å². The first-order valence-electron chi connectivity index (χ1n) is 3.74. The fourth-order valence-electron chi connectivity index (χ4n) is 0.866. The summed E-state index contributed by atoms with van der Waals surface area (Å²) in [5.41, 5.74) is -1.78. The molecule has 0 atom stereocenters. The van der Waals surface area contributed by atoms with E-state index in [1.165, 1.54) is 6.92 Å². The molecule has 0 aliphatic heterocycles. The maximum atomic E-state index is 12.2. The summed E-state index contributed by atoms with van der Waals surface area (Å²) >= 11 is 0. The molecule has 1 aromatic heterocycles. The second kappa shape index (κ2) is 5.72. The van der Waals surface area contributed by atoms with Crippen LogP contribution in [0.25, 0.3) is 0 Å². The number of nitrogens with zero attached hydrogens (tertiary/aromatic N) is 1. The third-order valence-electron chi connectivity index (χ3n) is 1.42. The molecule has 0 bridgehead atoms. The summed E-state index contributed by atoms with van der Waals surface area (Å²) in [4.78, 5) is 11.0. The van der Waals surface area contributed by atoms with E-state index in [2.05, 4.69) is 9.84 Å². The molecule has 0 radical (unpaired) electrons. The molecular formula is C7H7ArF3N2O2. The number of carbonyl (C=O) groups is 1. The van der Waals surface area contributed by atoms with Gasteiger partial charge in [0.1, 0.15) is 5.56 Å². The number of alkyl halides is 3. The van der Waals surface area contributed by atoms with Gasteiger partial charge in [-0.25, -0.2) is 4.79 Å². The summed E-state index contributed by atoms with van der Waals surface area (Å²) in [6.07, 6.45) is -3.83. The summed E-state index contributed by atoms with van der Waals surface area (Å²) in [5.74, 6) is -1.03. The number of halogens is 3. The molecule has 0 spiro atoms. The van der Waals surface area contributed by atoms with Gasteiger partial charge in [-0.05, 0) is 6.92 Å². The van der Waals surface area contributed by atoms with Crippen molar-refractivity contribution in [1.29, 1.82) is 0 Å². The maximum Gasteiger partial charge on any atom is 0.433 e. The second-order valence-corrected chi connectivity index (χ2v) is 2.38. The van der Waals surface area contributed by atoms with E-state index in [1.54, 1.807) is 5.10 Å². The monoisotopic (exact) mass is 248 g/mol. The van der Waals surface area contributed by atoms with Gasteiger partial charge < -0.3 is 4.74 Å². The molecule has 0 aliphatic carbocycles. The van der Waals surface area contributed by atoms with E-state index in [4.69, 9.17) is 0 Å². The van der Waals surface area contributed by atoms with Crippen molar-refractivity contribution in [3.8, 4) is 0 Å². The second-order valence-electron chi connectivity index (χ2n) is 2.38. The molecule has 8 heteroatoms. The fourth-order valence-corrected chi connectivity index (χ4v) is 0.866. The van der Waals surface area contributed by atoms with E-state index in [9.17, 15) is 18.0 Å². The minimum Gasteiger partial charge on any atom is -0.462 e. The molecule has 0 unspecified atom stereocenters. The number of hydrogen-bond acceptors (Lipinski definition) is 3. The van der Waals surface area contributed by atoms with Crippen LogP contribution in [0.1, 0.15) is 23.0 Å². The Morgan fingerprint density at radius 3 is 2.67 bits per heavy atom. The first kappa shape index (κ1) is 14.7. The molecule has 0 fully saturated rings. The molecule has 0 saturated heterocycles. The number of aromatic amines is 1. The van der Waals surface area contributed by atoms with Crippen LogP contribution in [0.4, 0.5) is 13.2 Å². The molecule has 4 nitrogen and oxygen atoms in total. The van der Waals surface area contributed by atoms with Crippen LogP contribution in [0.2, 0.25) is 0 Å². The van der Waals surface area contributed by atoms with Crippen molar-refractivity contribution in [3.05, 3.63) is 17.5 Å². The van der Waals surface area contributed by atoms with Gasteiger partial charge >= 0.3 is 12.1 Å². The normalized spacial score (nSPS) is 10.7. The van der Waals surface area contributed by atoms with Crippen molar-refractivity contribution in [3.63, 3.8) is 0 Å². The van der Waals surface area contributed by atoms with E-state index in [0.29, 0.717) is 0 Å². The van der Waals surface area contributed by atoms with Gasteiger partial charge in [-0.3, -0.25) is 5.10 Å². The van der Waals surface area contributed by atoms with E-state index >= 15 is 0 Å². The Balaban J connectivity index is 0.00000196. The van der Waals surface area contributed by atoms with Crippen molar-refractivity contribution in [2.45, 2.75) is 13.1 Å². The van der Waals surface area contributed by atoms with Gasteiger partial charge in [0.2, 0.25) is 0 Å². The van der Waals surface area contributed by atoms with Crippen LogP contribution in [0, 0.1) is 37.7 Å². The van der Waals surface area contributed by atoms with E-state index in [1.807, 2.05) is 0 Å². The molecule has 0 aromatic carbocycles. The number of carbonyl (C=O) groups excluding carboxylic acids is 1. The van der Waals surface area contributed by atoms with Crippen LogP contribution in [0.5, 0.6) is 0 Å². The summed E-state index contributed by atoms with van der Waals surface area (Å²) < 4.78 is 41.0. The van der Waals surface area contributed by atoms with E-state index < -0.39 is 23.4 Å². The minimum atomic E-state index is -4.63. The SMILES string of the molecule is CCOC(=O)c1cn[nH]c1C(F)(F)F.[Ar]. The third kappa shape index (κ3) is 3.66. The Labute approximate surface area is 113 Å². The number of esters is 1. The Bertz CT molecular complexity index is 337. The average molecular weight is 248 g/mol. The fraction of sp³-hybridized carbons (Fsp3) is 0.429. The zero-order valence-corrected chi connectivity index (χ0v) is 8.24. The number of ether oxygens (including phenoxy) is 1. The predicted molar refractivity (Wildman–Crippen MR) is 39.5 cm³/mol. The molecule has 1 heterocycles. The van der Waals surface area contributed by atoms with Crippen LogP contribution in [-0.2, 0) is 10.9 Å². The van der Waals surface area contributed by atoms with Crippen molar-refractivity contribution in [2.24, 2.45) is 0 Å². The number of aromatic nitrogens is 2. The van der Waals surface area contributed by atoms with Gasteiger partial charge in [-0.15, -0.1) is 0 Å². The zero-order chi connectivity index (χ0) is 10.8. The summed E-state index contributed by atoms with van der Waals surface area (Å²) in [5, 5.41) is 4.86. The Hall–Kier alpha value is -0.270. The first-order chi connectivity index (χ1) is 6.46. The van der Waals surface area contributed by atoms with Crippen LogP contribution < -0.4 is 0 Å². The van der Waals surface area contributed by atoms with Gasteiger partial charge in [0.25, 0.3) is 0 Å². The van der Waals surface area contributed by atoms with Crippen LogP contribution in [0.3, 0.4) is 0 Å². The largest absolute Gasteiger partial charge is 0.462 e. The maximum absolute atomic E-state index is 12.2. The topological polar surface area (TPSA) is 55.0 Å². The van der Waals surface area contributed by atoms with Crippen LogP contribution >= 0.6 is 0 Å². The standard InChI is InChI=1S/C7H7F3N2O2.Ar/c1-2-14-6(13)4-3-11-12-5(4)7(8,9)10;/h3H,2H2,1H3,(H,11,12);. The number of nitrogens with one attached hydrogen (secondary N) is 1. The molecule has 86 valence electrons. The Kier molecular flexibility index (Phi) is 5.61. The molecule has 1 rings (SSSR count). The zero-order valence-electron chi connectivity index (χ0n) is 7.54. The molecule has 0 saturated carbocycles. The Morgan fingerprint density at radius 1 is 1.60 bits per heavy atom. The molecule has 0 aliphatic rings. The first-order valence-corrected chi connectivity index (χ1v) is 3.74. The van der Waals surface area contributed by atoms with Gasteiger partial charge in [0.05, 0.1) is 12.8 Å². The number of rotatable bonds is 2. The smallest absolute Gasteiger partial charge is 0.433 e. The van der Waals surface area contributed by atoms with Gasteiger partial charge in [-0.2, -0.15) is 18.3 Å². The quantitative estimate of drug-likeness (QED) is 0.809. The van der Waals surface area contributed by atoms with Crippen LogP contribution in [-0.4, -0.2) is 22.8 Å². The molecule has 15 heavy (non-hydrogen) atoms. The average Bonchev–Trinajstić information content (AvgIpc) is 2.50. The number of H-pyrrole nitrogens is 1. The molecule has 1 aromatic rings. The summed E-state index contributed by atoms with van der Waals surface area (Å²) in [6, 6.07) is 0. The van der Waals surface area contributed by atoms with E-state index in [-0.39, 0.29) is 44.3 Å². The van der Waals surface area contributed by atoms with Crippen molar-refractivity contribution >= 4 is 5.97 Å². The van der Waals surface area contributed by atoms with Crippen molar-refractivity contribution < 1.29 is 60.4 Å². The minimum absolute atomic E-state index is 0. The van der Waals surface area contributed by atoms with Crippen molar-refractivity contribution in [2.75, 3.05) is 6.61 Å². The molecule has 0 amide bonds. The number of hydrogen-bond donors (Lipinski definition) is 1. The molecular weight excluding hydrogens is 241 g/mol. The van der Waals surface area contributed by atoms with Gasteiger partial charge in [-0.1, -0.05) is 0 Å². The molecule has 1 N–H and O–H groups in total.